The molecule has 0 aliphatic carbocycles. The Bertz CT molecular complexity index is 611. The van der Waals surface area contributed by atoms with E-state index in [0.717, 1.165) is 4.42 Å². The van der Waals surface area contributed by atoms with E-state index >= 15 is 0 Å². The summed E-state index contributed by atoms with van der Waals surface area (Å²) >= 11 is 5.81. The van der Waals surface area contributed by atoms with Gasteiger partial charge >= 0.3 is 0 Å². The molecule has 4 nitrogen and oxygen atoms in total. The summed E-state index contributed by atoms with van der Waals surface area (Å²) < 4.78 is 0.860. The molecule has 19 heavy (non-hydrogen) atoms. The van der Waals surface area contributed by atoms with Gasteiger partial charge in [0.15, 0.2) is 0 Å². The summed E-state index contributed by atoms with van der Waals surface area (Å²) in [7, 11) is 0. The number of hydrogen-bond acceptors (Lipinski definition) is 3. The van der Waals surface area contributed by atoms with Crippen molar-refractivity contribution in [1.29, 1.82) is 0 Å². The highest BCUT2D eigenvalue weighted by Crippen LogP contribution is 2.38. The minimum atomic E-state index is -0.389. The topological polar surface area (TPSA) is 60.8 Å². The van der Waals surface area contributed by atoms with Crippen molar-refractivity contribution in [2.45, 2.75) is 6.92 Å². The van der Waals surface area contributed by atoms with Crippen LogP contribution in [0.4, 0.5) is 5.69 Å². The second-order valence-corrected chi connectivity index (χ2v) is 4.36. The predicted octanol–water partition coefficient (Wildman–Crippen LogP) is 3.27. The maximum Gasteiger partial charge on any atom is 0.238 e. The lowest BCUT2D eigenvalue weighted by Crippen LogP contribution is -2.16. The highest BCUT2D eigenvalue weighted by molar-refractivity contribution is 6.36. The number of rotatable bonds is 2. The number of phenols is 2. The largest absolute Gasteiger partial charge is 0.508 e. The van der Waals surface area contributed by atoms with Gasteiger partial charge in [-0.05, 0) is 23.8 Å². The van der Waals surface area contributed by atoms with Crippen molar-refractivity contribution in [3.05, 3.63) is 42.5 Å². The average Bonchev–Trinajstić information content (AvgIpc) is 2.39. The lowest BCUT2D eigenvalue weighted by atomic mass is 10.0. The zero-order valence-corrected chi connectivity index (χ0v) is 10.9. The molecule has 0 heterocycles. The van der Waals surface area contributed by atoms with Crippen LogP contribution in [0.25, 0.3) is 11.1 Å². The molecule has 0 aliphatic heterocycles. The van der Waals surface area contributed by atoms with Crippen LogP contribution in [-0.4, -0.2) is 16.1 Å². The zero-order chi connectivity index (χ0) is 14.0. The number of aromatic hydroxyl groups is 2. The van der Waals surface area contributed by atoms with Crippen LogP contribution in [0.1, 0.15) is 6.92 Å². The number of carbonyl (C=O) groups excluding carboxylic acids is 1. The normalized spacial score (nSPS) is 10.2. The molecule has 0 unspecified atom stereocenters. The molecule has 5 heteroatoms. The molecule has 0 saturated carbocycles. The van der Waals surface area contributed by atoms with Crippen LogP contribution < -0.4 is 4.42 Å². The molecule has 0 aliphatic rings. The Morgan fingerprint density at radius 1 is 1.11 bits per heavy atom. The fourth-order valence-electron chi connectivity index (χ4n) is 1.73. The van der Waals surface area contributed by atoms with Crippen molar-refractivity contribution in [2.24, 2.45) is 0 Å². The molecule has 1 amide bonds. The van der Waals surface area contributed by atoms with Gasteiger partial charge in [-0.25, -0.2) is 4.42 Å². The van der Waals surface area contributed by atoms with E-state index in [9.17, 15) is 15.0 Å². The fourth-order valence-corrected chi connectivity index (χ4v) is 1.87. The third kappa shape index (κ3) is 2.63. The minimum Gasteiger partial charge on any atom is -0.508 e. The van der Waals surface area contributed by atoms with Gasteiger partial charge in [-0.15, -0.1) is 0 Å². The Balaban J connectivity index is 2.51. The van der Waals surface area contributed by atoms with Crippen LogP contribution in [-0.2, 0) is 4.79 Å². The van der Waals surface area contributed by atoms with Crippen molar-refractivity contribution in [2.75, 3.05) is 4.42 Å². The summed E-state index contributed by atoms with van der Waals surface area (Å²) in [5.41, 5.74) is 1.47. The number of halogens is 1. The lowest BCUT2D eigenvalue weighted by Gasteiger charge is -2.15. The van der Waals surface area contributed by atoms with Gasteiger partial charge in [0.1, 0.15) is 17.2 Å². The number of benzene rings is 2. The lowest BCUT2D eigenvalue weighted by molar-refractivity contribution is -0.115. The zero-order valence-electron chi connectivity index (χ0n) is 10.2. The molecular formula is C14H12ClNO3. The van der Waals surface area contributed by atoms with Gasteiger partial charge in [0.25, 0.3) is 0 Å². The molecule has 2 aromatic carbocycles. The van der Waals surface area contributed by atoms with E-state index in [1.807, 2.05) is 0 Å². The number of anilines is 1. The van der Waals surface area contributed by atoms with Crippen LogP contribution >= 0.6 is 11.8 Å². The van der Waals surface area contributed by atoms with E-state index < -0.39 is 0 Å². The van der Waals surface area contributed by atoms with E-state index in [1.165, 1.54) is 19.1 Å². The number of para-hydroxylation sites is 1. The number of phenolic OH excluding ortho intramolecular Hbond substituents is 2. The Kier molecular flexibility index (Phi) is 3.62. The Labute approximate surface area is 115 Å². The summed E-state index contributed by atoms with van der Waals surface area (Å²) in [5, 5.41) is 19.4. The summed E-state index contributed by atoms with van der Waals surface area (Å²) in [6.07, 6.45) is 0. The smallest absolute Gasteiger partial charge is 0.238 e. The Morgan fingerprint density at radius 3 is 2.32 bits per heavy atom. The maximum atomic E-state index is 11.2. The molecule has 0 bridgehead atoms. The average molecular weight is 278 g/mol. The minimum absolute atomic E-state index is 0.0848. The quantitative estimate of drug-likeness (QED) is 0.828. The Morgan fingerprint density at radius 2 is 1.74 bits per heavy atom. The van der Waals surface area contributed by atoms with E-state index in [1.54, 1.807) is 30.3 Å². The summed E-state index contributed by atoms with van der Waals surface area (Å²) in [4.78, 5) is 11.2. The number of amides is 1. The molecule has 98 valence electrons. The van der Waals surface area contributed by atoms with Crippen LogP contribution in [0.2, 0.25) is 0 Å². The van der Waals surface area contributed by atoms with Crippen molar-refractivity contribution in [3.8, 4) is 22.6 Å². The first kappa shape index (κ1) is 13.2. The van der Waals surface area contributed by atoms with Gasteiger partial charge in [-0.1, -0.05) is 24.3 Å². The predicted molar refractivity (Wildman–Crippen MR) is 74.2 cm³/mol. The second kappa shape index (κ2) is 5.20. The first-order chi connectivity index (χ1) is 9.00. The third-order valence-electron chi connectivity index (χ3n) is 2.68. The molecule has 2 aromatic rings. The molecule has 0 aromatic heterocycles. The fraction of sp³-hybridized carbons (Fsp3) is 0.0714. The van der Waals surface area contributed by atoms with Gasteiger partial charge in [0.2, 0.25) is 5.91 Å². The first-order valence-electron chi connectivity index (χ1n) is 5.58. The number of carbonyl (C=O) groups is 1. The third-order valence-corrected chi connectivity index (χ3v) is 3.10. The summed E-state index contributed by atoms with van der Waals surface area (Å²) in [6, 6.07) is 11.3. The van der Waals surface area contributed by atoms with Crippen molar-refractivity contribution < 1.29 is 15.0 Å². The second-order valence-electron chi connectivity index (χ2n) is 4.02. The van der Waals surface area contributed by atoms with Crippen LogP contribution in [0, 0.1) is 0 Å². The Hall–Kier alpha value is -2.20. The molecule has 0 radical (unpaired) electrons. The summed E-state index contributed by atoms with van der Waals surface area (Å²) in [6.45, 7) is 1.31. The first-order valence-corrected chi connectivity index (χ1v) is 5.92. The van der Waals surface area contributed by atoms with Crippen molar-refractivity contribution in [3.63, 3.8) is 0 Å². The molecular weight excluding hydrogens is 266 g/mol. The molecule has 0 saturated heterocycles. The molecule has 0 atom stereocenters. The number of nitrogens with zero attached hydrogens (tertiary/aromatic N) is 1. The van der Waals surface area contributed by atoms with E-state index in [0.29, 0.717) is 11.1 Å². The monoisotopic (exact) mass is 277 g/mol. The highest BCUT2D eigenvalue weighted by Gasteiger charge is 2.16. The van der Waals surface area contributed by atoms with Crippen LogP contribution in [0.5, 0.6) is 11.5 Å². The van der Waals surface area contributed by atoms with Gasteiger partial charge in [-0.3, -0.25) is 4.79 Å². The van der Waals surface area contributed by atoms with E-state index in [4.69, 9.17) is 11.8 Å². The van der Waals surface area contributed by atoms with E-state index in [2.05, 4.69) is 0 Å². The van der Waals surface area contributed by atoms with Crippen molar-refractivity contribution >= 4 is 23.4 Å². The summed E-state index contributed by atoms with van der Waals surface area (Å²) in [5.74, 6) is -0.333. The van der Waals surface area contributed by atoms with Gasteiger partial charge in [-0.2, -0.15) is 0 Å². The molecule has 2 rings (SSSR count). The van der Waals surface area contributed by atoms with Crippen LogP contribution in [0.3, 0.4) is 0 Å². The van der Waals surface area contributed by atoms with E-state index in [-0.39, 0.29) is 23.1 Å². The van der Waals surface area contributed by atoms with Crippen molar-refractivity contribution in [1.82, 2.24) is 0 Å². The van der Waals surface area contributed by atoms with Crippen LogP contribution in [0.15, 0.2) is 42.5 Å². The highest BCUT2D eigenvalue weighted by atomic mass is 35.5. The van der Waals surface area contributed by atoms with Gasteiger partial charge in [0.05, 0.1) is 0 Å². The molecule has 0 spiro atoms. The number of hydrogen-bond donors (Lipinski definition) is 2. The SMILES string of the molecule is CC(=O)N(Cl)c1cccc(-c2ccc(O)cc2)c1O. The van der Waals surface area contributed by atoms with Gasteiger partial charge in [0, 0.05) is 24.3 Å². The molecule has 2 N–H and O–H groups in total. The van der Waals surface area contributed by atoms with Gasteiger partial charge < -0.3 is 10.2 Å². The standard InChI is InChI=1S/C14H12ClNO3/c1-9(17)16(15)13-4-2-3-12(14(13)19)10-5-7-11(18)8-6-10/h2-8,18-19H,1H3. The maximum absolute atomic E-state index is 11.2. The molecule has 0 fully saturated rings.